The molecule has 0 spiro atoms. The number of rotatable bonds is 5. The van der Waals surface area contributed by atoms with E-state index in [2.05, 4.69) is 23.5 Å². The number of pyridine rings is 1. The van der Waals surface area contributed by atoms with Crippen molar-refractivity contribution in [1.82, 2.24) is 18.6 Å². The Kier molecular flexibility index (Phi) is 4.39. The van der Waals surface area contributed by atoms with Crippen molar-refractivity contribution in [2.45, 2.75) is 31.9 Å². The first-order valence-electron chi connectivity index (χ1n) is 8.24. The number of hydrogen-bond acceptors (Lipinski definition) is 7. The van der Waals surface area contributed by atoms with Gasteiger partial charge in [0.15, 0.2) is 11.6 Å². The summed E-state index contributed by atoms with van der Waals surface area (Å²) in [6, 6.07) is 4.01. The molecule has 7 heteroatoms. The molecule has 2 aliphatic rings. The molecule has 1 atom stereocenters. The molecule has 0 radical (unpaired) electrons. The van der Waals surface area contributed by atoms with Crippen molar-refractivity contribution in [2.75, 3.05) is 31.1 Å². The third kappa shape index (κ3) is 3.45. The molecule has 0 saturated carbocycles. The standard InChI is InChI=1S/C16H21N5OS/c1-2-8-21(7-1)16-15(4-3-6-17-16)22-14-5-9-20(12-14)11-13-10-18-23-19-13/h3-4,6,10,14H,1-2,5,7-9,11-12H2. The van der Waals surface area contributed by atoms with Crippen LogP contribution in [0.1, 0.15) is 25.0 Å². The van der Waals surface area contributed by atoms with Crippen molar-refractivity contribution in [3.05, 3.63) is 30.2 Å². The Bertz CT molecular complexity index is 629. The van der Waals surface area contributed by atoms with Crippen LogP contribution in [0.4, 0.5) is 5.82 Å². The quantitative estimate of drug-likeness (QED) is 0.837. The summed E-state index contributed by atoms with van der Waals surface area (Å²) >= 11 is 1.27. The first-order chi connectivity index (χ1) is 11.4. The normalized spacial score (nSPS) is 21.9. The second-order valence-corrected chi connectivity index (χ2v) is 6.74. The molecule has 4 rings (SSSR count). The molecule has 2 aromatic rings. The minimum Gasteiger partial charge on any atom is -0.485 e. The summed E-state index contributed by atoms with van der Waals surface area (Å²) in [5, 5.41) is 0. The zero-order valence-electron chi connectivity index (χ0n) is 13.1. The molecule has 0 amide bonds. The summed E-state index contributed by atoms with van der Waals surface area (Å²) < 4.78 is 14.6. The lowest BCUT2D eigenvalue weighted by Crippen LogP contribution is -2.26. The van der Waals surface area contributed by atoms with Crippen LogP contribution in [0.15, 0.2) is 24.5 Å². The maximum Gasteiger partial charge on any atom is 0.171 e. The fraction of sp³-hybridized carbons (Fsp3) is 0.562. The van der Waals surface area contributed by atoms with E-state index in [1.807, 2.05) is 24.5 Å². The highest BCUT2D eigenvalue weighted by atomic mass is 32.1. The average molecular weight is 331 g/mol. The number of aromatic nitrogens is 3. The van der Waals surface area contributed by atoms with Crippen LogP contribution in [0, 0.1) is 0 Å². The molecule has 2 saturated heterocycles. The van der Waals surface area contributed by atoms with E-state index in [-0.39, 0.29) is 6.10 Å². The van der Waals surface area contributed by atoms with E-state index in [4.69, 9.17) is 4.74 Å². The van der Waals surface area contributed by atoms with Crippen LogP contribution < -0.4 is 9.64 Å². The van der Waals surface area contributed by atoms with Crippen molar-refractivity contribution < 1.29 is 4.74 Å². The topological polar surface area (TPSA) is 54.4 Å². The number of anilines is 1. The molecule has 0 aromatic carbocycles. The van der Waals surface area contributed by atoms with Gasteiger partial charge >= 0.3 is 0 Å². The molecule has 0 N–H and O–H groups in total. The summed E-state index contributed by atoms with van der Waals surface area (Å²) in [7, 11) is 0. The van der Waals surface area contributed by atoms with E-state index in [0.29, 0.717) is 0 Å². The monoisotopic (exact) mass is 331 g/mol. The highest BCUT2D eigenvalue weighted by Gasteiger charge is 2.26. The molecule has 1 unspecified atom stereocenters. The van der Waals surface area contributed by atoms with Crippen LogP contribution in [0.25, 0.3) is 0 Å². The van der Waals surface area contributed by atoms with E-state index in [1.54, 1.807) is 0 Å². The minimum atomic E-state index is 0.229. The van der Waals surface area contributed by atoms with Crippen molar-refractivity contribution in [3.63, 3.8) is 0 Å². The Balaban J connectivity index is 1.39. The van der Waals surface area contributed by atoms with Crippen LogP contribution in [0.3, 0.4) is 0 Å². The first kappa shape index (κ1) is 14.8. The lowest BCUT2D eigenvalue weighted by Gasteiger charge is -2.22. The van der Waals surface area contributed by atoms with Gasteiger partial charge in [-0.2, -0.15) is 8.75 Å². The molecular formula is C16H21N5OS. The predicted molar refractivity (Wildman–Crippen MR) is 89.9 cm³/mol. The molecule has 122 valence electrons. The fourth-order valence-corrected chi connectivity index (χ4v) is 3.77. The van der Waals surface area contributed by atoms with Crippen LogP contribution in [0.5, 0.6) is 5.75 Å². The largest absolute Gasteiger partial charge is 0.485 e. The molecule has 0 aliphatic carbocycles. The van der Waals surface area contributed by atoms with Crippen molar-refractivity contribution in [1.29, 1.82) is 0 Å². The molecule has 2 aromatic heterocycles. The maximum absolute atomic E-state index is 6.29. The molecule has 0 bridgehead atoms. The highest BCUT2D eigenvalue weighted by molar-refractivity contribution is 6.99. The van der Waals surface area contributed by atoms with Crippen LogP contribution in [-0.2, 0) is 6.54 Å². The van der Waals surface area contributed by atoms with Gasteiger partial charge in [0.25, 0.3) is 0 Å². The molecule has 6 nitrogen and oxygen atoms in total. The zero-order chi connectivity index (χ0) is 15.5. The van der Waals surface area contributed by atoms with Gasteiger partial charge in [-0.3, -0.25) is 4.90 Å². The number of nitrogens with zero attached hydrogens (tertiary/aromatic N) is 5. The average Bonchev–Trinajstić information content (AvgIpc) is 3.31. The third-order valence-electron chi connectivity index (χ3n) is 4.47. The summed E-state index contributed by atoms with van der Waals surface area (Å²) in [5.41, 5.74) is 1.05. The van der Waals surface area contributed by atoms with Gasteiger partial charge in [-0.15, -0.1) is 0 Å². The van der Waals surface area contributed by atoms with E-state index in [1.165, 1.54) is 24.6 Å². The van der Waals surface area contributed by atoms with Crippen molar-refractivity contribution in [2.24, 2.45) is 0 Å². The smallest absolute Gasteiger partial charge is 0.171 e. The number of hydrogen-bond donors (Lipinski definition) is 0. The molecule has 2 aliphatic heterocycles. The highest BCUT2D eigenvalue weighted by Crippen LogP contribution is 2.30. The van der Waals surface area contributed by atoms with Gasteiger partial charge in [-0.1, -0.05) is 0 Å². The molecule has 2 fully saturated rings. The summed E-state index contributed by atoms with van der Waals surface area (Å²) in [5.74, 6) is 1.93. The molecule has 23 heavy (non-hydrogen) atoms. The number of likely N-dealkylation sites (tertiary alicyclic amines) is 1. The van der Waals surface area contributed by atoms with Gasteiger partial charge < -0.3 is 9.64 Å². The van der Waals surface area contributed by atoms with E-state index < -0.39 is 0 Å². The van der Waals surface area contributed by atoms with Gasteiger partial charge in [0.1, 0.15) is 6.10 Å². The van der Waals surface area contributed by atoms with Crippen LogP contribution in [0.2, 0.25) is 0 Å². The Morgan fingerprint density at radius 1 is 1.26 bits per heavy atom. The van der Waals surface area contributed by atoms with E-state index in [0.717, 1.165) is 56.4 Å². The van der Waals surface area contributed by atoms with Gasteiger partial charge in [0.2, 0.25) is 0 Å². The lowest BCUT2D eigenvalue weighted by atomic mass is 10.3. The van der Waals surface area contributed by atoms with E-state index >= 15 is 0 Å². The second-order valence-electron chi connectivity index (χ2n) is 6.18. The minimum absolute atomic E-state index is 0.229. The van der Waals surface area contributed by atoms with Gasteiger partial charge in [-0.25, -0.2) is 4.98 Å². The summed E-state index contributed by atoms with van der Waals surface area (Å²) in [4.78, 5) is 9.27. The van der Waals surface area contributed by atoms with Gasteiger partial charge in [0.05, 0.1) is 23.6 Å². The van der Waals surface area contributed by atoms with E-state index in [9.17, 15) is 0 Å². The third-order valence-corrected chi connectivity index (χ3v) is 4.99. The SMILES string of the molecule is c1cnc(N2CCCC2)c(OC2CCN(Cc3cnsn3)C2)c1. The van der Waals surface area contributed by atoms with Crippen LogP contribution >= 0.6 is 11.7 Å². The lowest BCUT2D eigenvalue weighted by molar-refractivity contribution is 0.198. The molecule has 4 heterocycles. The Hall–Kier alpha value is -1.73. The maximum atomic E-state index is 6.29. The Morgan fingerprint density at radius 2 is 2.17 bits per heavy atom. The van der Waals surface area contributed by atoms with Crippen molar-refractivity contribution >= 4 is 17.5 Å². The Labute approximate surface area is 140 Å². The first-order valence-corrected chi connectivity index (χ1v) is 8.97. The summed E-state index contributed by atoms with van der Waals surface area (Å²) in [6.07, 6.45) is 7.48. The van der Waals surface area contributed by atoms with Crippen molar-refractivity contribution in [3.8, 4) is 5.75 Å². The zero-order valence-corrected chi connectivity index (χ0v) is 13.9. The molecular weight excluding hydrogens is 310 g/mol. The van der Waals surface area contributed by atoms with Crippen LogP contribution in [-0.4, -0.2) is 50.9 Å². The van der Waals surface area contributed by atoms with Gasteiger partial charge in [0, 0.05) is 38.9 Å². The van der Waals surface area contributed by atoms with Gasteiger partial charge in [-0.05, 0) is 31.4 Å². The fourth-order valence-electron chi connectivity index (χ4n) is 3.34. The second kappa shape index (κ2) is 6.80. The predicted octanol–water partition coefficient (Wildman–Crippen LogP) is 2.19. The Morgan fingerprint density at radius 3 is 3.00 bits per heavy atom. The summed E-state index contributed by atoms with van der Waals surface area (Å²) in [6.45, 7) is 5.01. The number of ether oxygens (including phenoxy) is 1.